The van der Waals surface area contributed by atoms with Crippen molar-refractivity contribution < 1.29 is 4.79 Å². The molecule has 0 atom stereocenters. The number of aryl methyl sites for hydroxylation is 1. The molecule has 4 aromatic rings. The van der Waals surface area contributed by atoms with Crippen LogP contribution in [0.1, 0.15) is 5.56 Å². The van der Waals surface area contributed by atoms with E-state index < -0.39 is 0 Å². The lowest BCUT2D eigenvalue weighted by atomic mass is 10.1. The molecule has 0 N–H and O–H groups in total. The summed E-state index contributed by atoms with van der Waals surface area (Å²) < 4.78 is 1.84. The first-order valence-corrected chi connectivity index (χ1v) is 9.65. The Kier molecular flexibility index (Phi) is 4.05. The number of urea groups is 1. The number of aromatic nitrogens is 3. The second-order valence-corrected chi connectivity index (χ2v) is 7.39. The van der Waals surface area contributed by atoms with Gasteiger partial charge in [0.1, 0.15) is 0 Å². The van der Waals surface area contributed by atoms with Crippen LogP contribution in [-0.4, -0.2) is 45.8 Å². The first-order chi connectivity index (χ1) is 14.1. The minimum absolute atomic E-state index is 0.0388. The van der Waals surface area contributed by atoms with Crippen molar-refractivity contribution in [3.05, 3.63) is 72.6 Å². The summed E-state index contributed by atoms with van der Waals surface area (Å²) in [5.41, 5.74) is 5.91. The zero-order valence-corrected chi connectivity index (χ0v) is 16.4. The molecule has 0 unspecified atom stereocenters. The summed E-state index contributed by atoms with van der Waals surface area (Å²) in [7, 11) is 1.82. The van der Waals surface area contributed by atoms with Gasteiger partial charge >= 0.3 is 6.03 Å². The van der Waals surface area contributed by atoms with Crippen LogP contribution in [0.3, 0.4) is 0 Å². The molecule has 0 aliphatic carbocycles. The van der Waals surface area contributed by atoms with E-state index >= 15 is 0 Å². The number of carbonyl (C=O) groups excluding carboxylic acids is 1. The van der Waals surface area contributed by atoms with E-state index in [-0.39, 0.29) is 6.03 Å². The molecule has 6 heteroatoms. The molecule has 5 rings (SSSR count). The van der Waals surface area contributed by atoms with Crippen LogP contribution in [0.2, 0.25) is 0 Å². The van der Waals surface area contributed by atoms with Gasteiger partial charge in [-0.1, -0.05) is 18.2 Å². The zero-order valence-electron chi connectivity index (χ0n) is 16.4. The molecule has 1 fully saturated rings. The Bertz CT molecular complexity index is 1210. The molecule has 1 aliphatic heterocycles. The Balaban J connectivity index is 1.44. The molecule has 29 heavy (non-hydrogen) atoms. The number of nitrogens with zero attached hydrogens (tertiary/aromatic N) is 5. The molecular weight excluding hydrogens is 362 g/mol. The highest BCUT2D eigenvalue weighted by atomic mass is 16.2. The fourth-order valence-electron chi connectivity index (χ4n) is 3.77. The van der Waals surface area contributed by atoms with Gasteiger partial charge in [-0.25, -0.2) is 14.5 Å². The van der Waals surface area contributed by atoms with E-state index in [4.69, 9.17) is 4.98 Å². The van der Waals surface area contributed by atoms with Crippen molar-refractivity contribution >= 4 is 22.6 Å². The highest BCUT2D eigenvalue weighted by Crippen LogP contribution is 2.26. The minimum Gasteiger partial charge on any atom is -0.326 e. The molecule has 2 amide bonds. The second-order valence-electron chi connectivity index (χ2n) is 7.39. The van der Waals surface area contributed by atoms with E-state index in [0.717, 1.165) is 34.7 Å². The van der Waals surface area contributed by atoms with Crippen LogP contribution in [0.4, 0.5) is 10.5 Å². The molecule has 0 bridgehead atoms. The van der Waals surface area contributed by atoms with Crippen LogP contribution < -0.4 is 4.90 Å². The van der Waals surface area contributed by atoms with Gasteiger partial charge in [0.05, 0.1) is 23.1 Å². The third kappa shape index (κ3) is 3.02. The number of para-hydroxylation sites is 1. The Morgan fingerprint density at radius 2 is 1.72 bits per heavy atom. The van der Waals surface area contributed by atoms with Crippen molar-refractivity contribution in [1.29, 1.82) is 0 Å². The molecule has 0 spiro atoms. The zero-order chi connectivity index (χ0) is 20.0. The van der Waals surface area contributed by atoms with Gasteiger partial charge in [0.2, 0.25) is 0 Å². The number of hydrogen-bond donors (Lipinski definition) is 0. The van der Waals surface area contributed by atoms with E-state index in [0.29, 0.717) is 6.54 Å². The van der Waals surface area contributed by atoms with Crippen LogP contribution >= 0.6 is 0 Å². The van der Waals surface area contributed by atoms with Gasteiger partial charge in [-0.15, -0.1) is 0 Å². The number of anilines is 1. The van der Waals surface area contributed by atoms with E-state index in [9.17, 15) is 4.79 Å². The summed E-state index contributed by atoms with van der Waals surface area (Å²) >= 11 is 0. The maximum atomic E-state index is 12.2. The van der Waals surface area contributed by atoms with Crippen molar-refractivity contribution in [2.45, 2.75) is 6.92 Å². The summed E-state index contributed by atoms with van der Waals surface area (Å²) in [5, 5.41) is 5.68. The number of fused-ring (bicyclic) bond motifs is 1. The van der Waals surface area contributed by atoms with Gasteiger partial charge in [0.15, 0.2) is 0 Å². The standard InChI is InChI=1S/C23H21N5O/c1-16-13-22(25-21-6-4-3-5-20(16)21)17-14-24-28(15-17)19-9-7-18(8-10-19)27-12-11-26(2)23(27)29/h3-10,13-15H,11-12H2,1-2H3. The fraction of sp³-hybridized carbons (Fsp3) is 0.174. The third-order valence-corrected chi connectivity index (χ3v) is 5.44. The number of rotatable bonds is 3. The van der Waals surface area contributed by atoms with Crippen molar-refractivity contribution in [2.75, 3.05) is 25.0 Å². The third-order valence-electron chi connectivity index (χ3n) is 5.44. The van der Waals surface area contributed by atoms with Crippen molar-refractivity contribution in [3.8, 4) is 16.9 Å². The average molecular weight is 383 g/mol. The molecule has 1 aliphatic rings. The molecule has 0 saturated carbocycles. The molecule has 1 saturated heterocycles. The van der Waals surface area contributed by atoms with Gasteiger partial charge in [0, 0.05) is 43.0 Å². The first kappa shape index (κ1) is 17.4. The summed E-state index contributed by atoms with van der Waals surface area (Å²) in [6.45, 7) is 3.57. The Labute approximate surface area is 169 Å². The predicted molar refractivity (Wildman–Crippen MR) is 114 cm³/mol. The number of pyridine rings is 1. The van der Waals surface area contributed by atoms with Gasteiger partial charge in [0.25, 0.3) is 0 Å². The van der Waals surface area contributed by atoms with Crippen LogP contribution in [0.25, 0.3) is 27.8 Å². The lowest BCUT2D eigenvalue weighted by molar-refractivity contribution is 0.229. The van der Waals surface area contributed by atoms with Crippen molar-refractivity contribution in [3.63, 3.8) is 0 Å². The average Bonchev–Trinajstić information content (AvgIpc) is 3.36. The van der Waals surface area contributed by atoms with Crippen molar-refractivity contribution in [2.24, 2.45) is 0 Å². The summed E-state index contributed by atoms with van der Waals surface area (Å²) in [5.74, 6) is 0. The highest BCUT2D eigenvalue weighted by Gasteiger charge is 2.26. The van der Waals surface area contributed by atoms with Crippen LogP contribution in [0, 0.1) is 6.92 Å². The number of amides is 2. The SMILES string of the molecule is Cc1cc(-c2cnn(-c3ccc(N4CCN(C)C4=O)cc3)c2)nc2ccccc12. The maximum Gasteiger partial charge on any atom is 0.324 e. The summed E-state index contributed by atoms with van der Waals surface area (Å²) in [4.78, 5) is 20.5. The molecule has 0 radical (unpaired) electrons. The normalized spacial score (nSPS) is 14.2. The quantitative estimate of drug-likeness (QED) is 0.531. The first-order valence-electron chi connectivity index (χ1n) is 9.65. The Morgan fingerprint density at radius 3 is 2.48 bits per heavy atom. The monoisotopic (exact) mass is 383 g/mol. The number of hydrogen-bond acceptors (Lipinski definition) is 3. The molecule has 6 nitrogen and oxygen atoms in total. The van der Waals surface area contributed by atoms with Crippen LogP contribution in [0.15, 0.2) is 67.0 Å². The lowest BCUT2D eigenvalue weighted by Gasteiger charge is -2.16. The Hall–Kier alpha value is -3.67. The second kappa shape index (κ2) is 6.74. The molecule has 2 aromatic heterocycles. The van der Waals surface area contributed by atoms with Gasteiger partial charge < -0.3 is 4.90 Å². The predicted octanol–water partition coefficient (Wildman–Crippen LogP) is 4.27. The molecule has 3 heterocycles. The summed E-state index contributed by atoms with van der Waals surface area (Å²) in [6.07, 6.45) is 3.82. The number of benzene rings is 2. The number of carbonyl (C=O) groups is 1. The molecule has 144 valence electrons. The highest BCUT2D eigenvalue weighted by molar-refractivity contribution is 5.94. The largest absolute Gasteiger partial charge is 0.326 e. The van der Waals surface area contributed by atoms with Crippen LogP contribution in [0.5, 0.6) is 0 Å². The van der Waals surface area contributed by atoms with Gasteiger partial charge in [-0.05, 0) is 48.9 Å². The lowest BCUT2D eigenvalue weighted by Crippen LogP contribution is -2.29. The summed E-state index contributed by atoms with van der Waals surface area (Å²) in [6, 6.07) is 18.2. The van der Waals surface area contributed by atoms with Crippen molar-refractivity contribution in [1.82, 2.24) is 19.7 Å². The Morgan fingerprint density at radius 1 is 0.966 bits per heavy atom. The topological polar surface area (TPSA) is 54.3 Å². The van der Waals surface area contributed by atoms with Crippen LogP contribution in [-0.2, 0) is 0 Å². The van der Waals surface area contributed by atoms with E-state index in [1.807, 2.05) is 66.6 Å². The van der Waals surface area contributed by atoms with Gasteiger partial charge in [-0.2, -0.15) is 5.10 Å². The fourth-order valence-corrected chi connectivity index (χ4v) is 3.77. The van der Waals surface area contributed by atoms with E-state index in [1.165, 1.54) is 10.9 Å². The van der Waals surface area contributed by atoms with Gasteiger partial charge in [-0.3, -0.25) is 4.90 Å². The molecule has 2 aromatic carbocycles. The van der Waals surface area contributed by atoms with E-state index in [1.54, 1.807) is 9.80 Å². The minimum atomic E-state index is 0.0388. The smallest absolute Gasteiger partial charge is 0.324 e. The molecular formula is C23H21N5O. The number of likely N-dealkylation sites (N-methyl/N-ethyl adjacent to an activating group) is 1. The van der Waals surface area contributed by atoms with E-state index in [2.05, 4.69) is 24.2 Å². The maximum absolute atomic E-state index is 12.2.